The molecule has 0 aliphatic carbocycles. The Bertz CT molecular complexity index is 410. The van der Waals surface area contributed by atoms with Gasteiger partial charge in [-0.05, 0) is 31.0 Å². The molecular formula is C15H23NO3. The van der Waals surface area contributed by atoms with Gasteiger partial charge in [0.25, 0.3) is 5.91 Å². The van der Waals surface area contributed by atoms with E-state index >= 15 is 0 Å². The first-order valence-corrected chi connectivity index (χ1v) is 6.91. The molecule has 1 aromatic rings. The van der Waals surface area contributed by atoms with Crippen LogP contribution >= 0.6 is 0 Å². The lowest BCUT2D eigenvalue weighted by atomic mass is 10.1. The van der Waals surface area contributed by atoms with Crippen molar-refractivity contribution in [3.63, 3.8) is 0 Å². The average molecular weight is 265 g/mol. The smallest absolute Gasteiger partial charge is 0.253 e. The summed E-state index contributed by atoms with van der Waals surface area (Å²) in [6, 6.07) is 4.21. The van der Waals surface area contributed by atoms with Gasteiger partial charge < -0.3 is 15.1 Å². The van der Waals surface area contributed by atoms with Crippen LogP contribution in [0.4, 0.5) is 0 Å². The van der Waals surface area contributed by atoms with E-state index in [1.54, 1.807) is 6.07 Å². The molecule has 106 valence electrons. The normalized spacial score (nSPS) is 10.4. The standard InChI is InChI=1S/C15H23NO3/c1-3-5-9-16(10-6-4-2)15(19)12-7-8-13(17)14(18)11-12/h7-8,11,17-18H,3-6,9-10H2,1-2H3. The fourth-order valence-electron chi connectivity index (χ4n) is 1.85. The van der Waals surface area contributed by atoms with E-state index in [-0.39, 0.29) is 17.4 Å². The predicted molar refractivity (Wildman–Crippen MR) is 75.5 cm³/mol. The van der Waals surface area contributed by atoms with Gasteiger partial charge in [0.2, 0.25) is 0 Å². The SMILES string of the molecule is CCCCN(CCCC)C(=O)c1ccc(O)c(O)c1. The predicted octanol–water partition coefficient (Wildman–Crippen LogP) is 3.14. The van der Waals surface area contributed by atoms with E-state index in [4.69, 9.17) is 0 Å². The maximum atomic E-state index is 12.4. The van der Waals surface area contributed by atoms with Crippen molar-refractivity contribution in [2.75, 3.05) is 13.1 Å². The average Bonchev–Trinajstić information content (AvgIpc) is 2.41. The second kappa shape index (κ2) is 7.67. The van der Waals surface area contributed by atoms with Gasteiger partial charge in [-0.25, -0.2) is 0 Å². The van der Waals surface area contributed by atoms with Gasteiger partial charge in [-0.3, -0.25) is 4.79 Å². The molecule has 0 atom stereocenters. The molecule has 0 aromatic heterocycles. The van der Waals surface area contributed by atoms with Gasteiger partial charge in [-0.2, -0.15) is 0 Å². The van der Waals surface area contributed by atoms with Crippen LogP contribution in [-0.4, -0.2) is 34.1 Å². The summed E-state index contributed by atoms with van der Waals surface area (Å²) in [6.07, 6.45) is 4.02. The molecule has 0 fully saturated rings. The summed E-state index contributed by atoms with van der Waals surface area (Å²) in [7, 11) is 0. The first kappa shape index (κ1) is 15.3. The quantitative estimate of drug-likeness (QED) is 0.744. The second-order valence-electron chi connectivity index (χ2n) is 4.70. The molecule has 4 nitrogen and oxygen atoms in total. The van der Waals surface area contributed by atoms with Crippen LogP contribution in [-0.2, 0) is 0 Å². The molecule has 4 heteroatoms. The van der Waals surface area contributed by atoms with Crippen LogP contribution < -0.4 is 0 Å². The Morgan fingerprint density at radius 1 is 1.05 bits per heavy atom. The summed E-state index contributed by atoms with van der Waals surface area (Å²) >= 11 is 0. The Kier molecular flexibility index (Phi) is 6.19. The Morgan fingerprint density at radius 3 is 2.11 bits per heavy atom. The summed E-state index contributed by atoms with van der Waals surface area (Å²) in [6.45, 7) is 5.65. The van der Waals surface area contributed by atoms with Gasteiger partial charge in [-0.1, -0.05) is 26.7 Å². The van der Waals surface area contributed by atoms with Gasteiger partial charge in [0.15, 0.2) is 11.5 Å². The summed E-state index contributed by atoms with van der Waals surface area (Å²) in [5, 5.41) is 18.7. The topological polar surface area (TPSA) is 60.8 Å². The van der Waals surface area contributed by atoms with Crippen molar-refractivity contribution in [1.82, 2.24) is 4.90 Å². The number of phenols is 2. The van der Waals surface area contributed by atoms with Gasteiger partial charge >= 0.3 is 0 Å². The second-order valence-corrected chi connectivity index (χ2v) is 4.70. The highest BCUT2D eigenvalue weighted by Gasteiger charge is 2.16. The molecule has 0 bridgehead atoms. The zero-order valence-corrected chi connectivity index (χ0v) is 11.7. The molecular weight excluding hydrogens is 242 g/mol. The van der Waals surface area contributed by atoms with Crippen molar-refractivity contribution in [1.29, 1.82) is 0 Å². The monoisotopic (exact) mass is 265 g/mol. The number of phenolic OH excluding ortho intramolecular Hbond substituents is 2. The van der Waals surface area contributed by atoms with Crippen LogP contribution in [0.1, 0.15) is 49.9 Å². The molecule has 0 spiro atoms. The van der Waals surface area contributed by atoms with E-state index in [1.165, 1.54) is 12.1 Å². The highest BCUT2D eigenvalue weighted by Crippen LogP contribution is 2.25. The van der Waals surface area contributed by atoms with Crippen molar-refractivity contribution in [2.45, 2.75) is 39.5 Å². The minimum atomic E-state index is -0.253. The number of carbonyl (C=O) groups excluding carboxylic acids is 1. The highest BCUT2D eigenvalue weighted by molar-refractivity contribution is 5.94. The molecule has 2 N–H and O–H groups in total. The molecule has 1 aromatic carbocycles. The maximum absolute atomic E-state index is 12.4. The lowest BCUT2D eigenvalue weighted by Gasteiger charge is -2.22. The third-order valence-electron chi connectivity index (χ3n) is 3.07. The summed E-state index contributed by atoms with van der Waals surface area (Å²) < 4.78 is 0. The molecule has 0 heterocycles. The number of carbonyl (C=O) groups is 1. The number of benzene rings is 1. The fourth-order valence-corrected chi connectivity index (χ4v) is 1.85. The zero-order chi connectivity index (χ0) is 14.3. The number of unbranched alkanes of at least 4 members (excludes halogenated alkanes) is 2. The molecule has 0 saturated carbocycles. The lowest BCUT2D eigenvalue weighted by molar-refractivity contribution is 0.0750. The van der Waals surface area contributed by atoms with Gasteiger partial charge in [-0.15, -0.1) is 0 Å². The summed E-state index contributed by atoms with van der Waals surface area (Å²) in [5.74, 6) is -0.542. The van der Waals surface area contributed by atoms with Crippen molar-refractivity contribution >= 4 is 5.91 Å². The number of aromatic hydroxyl groups is 2. The number of hydrogen-bond acceptors (Lipinski definition) is 3. The van der Waals surface area contributed by atoms with Crippen LogP contribution in [0, 0.1) is 0 Å². The molecule has 0 saturated heterocycles. The van der Waals surface area contributed by atoms with Crippen LogP contribution in [0.25, 0.3) is 0 Å². The van der Waals surface area contributed by atoms with E-state index in [0.717, 1.165) is 38.8 Å². The van der Waals surface area contributed by atoms with E-state index in [1.807, 2.05) is 4.90 Å². The molecule has 0 aliphatic heterocycles. The van der Waals surface area contributed by atoms with E-state index in [9.17, 15) is 15.0 Å². The van der Waals surface area contributed by atoms with Crippen LogP contribution in [0.2, 0.25) is 0 Å². The molecule has 0 radical (unpaired) electrons. The Labute approximate surface area is 114 Å². The summed E-state index contributed by atoms with van der Waals surface area (Å²) in [4.78, 5) is 14.2. The number of amides is 1. The minimum absolute atomic E-state index is 0.0859. The van der Waals surface area contributed by atoms with Crippen molar-refractivity contribution in [3.8, 4) is 11.5 Å². The lowest BCUT2D eigenvalue weighted by Crippen LogP contribution is -2.32. The number of rotatable bonds is 7. The van der Waals surface area contributed by atoms with Crippen molar-refractivity contribution in [2.24, 2.45) is 0 Å². The molecule has 0 aliphatic rings. The first-order chi connectivity index (χ1) is 9.10. The maximum Gasteiger partial charge on any atom is 0.253 e. The fraction of sp³-hybridized carbons (Fsp3) is 0.533. The Morgan fingerprint density at radius 2 is 1.63 bits per heavy atom. The van der Waals surface area contributed by atoms with E-state index in [2.05, 4.69) is 13.8 Å². The van der Waals surface area contributed by atoms with Crippen LogP contribution in [0.5, 0.6) is 11.5 Å². The highest BCUT2D eigenvalue weighted by atomic mass is 16.3. The van der Waals surface area contributed by atoms with Crippen molar-refractivity contribution < 1.29 is 15.0 Å². The molecule has 0 unspecified atom stereocenters. The van der Waals surface area contributed by atoms with Gasteiger partial charge in [0.05, 0.1) is 0 Å². The van der Waals surface area contributed by atoms with Crippen LogP contribution in [0.3, 0.4) is 0 Å². The Hall–Kier alpha value is -1.71. The number of nitrogens with zero attached hydrogens (tertiary/aromatic N) is 1. The molecule has 19 heavy (non-hydrogen) atoms. The summed E-state index contributed by atoms with van der Waals surface area (Å²) in [5.41, 5.74) is 0.419. The third kappa shape index (κ3) is 4.47. The van der Waals surface area contributed by atoms with E-state index < -0.39 is 0 Å². The first-order valence-electron chi connectivity index (χ1n) is 6.91. The molecule has 1 rings (SSSR count). The van der Waals surface area contributed by atoms with Crippen LogP contribution in [0.15, 0.2) is 18.2 Å². The largest absolute Gasteiger partial charge is 0.504 e. The van der Waals surface area contributed by atoms with Crippen molar-refractivity contribution in [3.05, 3.63) is 23.8 Å². The zero-order valence-electron chi connectivity index (χ0n) is 11.7. The van der Waals surface area contributed by atoms with Gasteiger partial charge in [0, 0.05) is 18.7 Å². The van der Waals surface area contributed by atoms with Gasteiger partial charge in [0.1, 0.15) is 0 Å². The minimum Gasteiger partial charge on any atom is -0.504 e. The Balaban J connectivity index is 2.81. The van der Waals surface area contributed by atoms with E-state index in [0.29, 0.717) is 5.56 Å². The molecule has 1 amide bonds. The third-order valence-corrected chi connectivity index (χ3v) is 3.07. The number of hydrogen-bond donors (Lipinski definition) is 2.